The van der Waals surface area contributed by atoms with Gasteiger partial charge in [0.1, 0.15) is 11.6 Å². The third-order valence-electron chi connectivity index (χ3n) is 8.88. The molecule has 4 heterocycles. The van der Waals surface area contributed by atoms with Crippen molar-refractivity contribution in [3.05, 3.63) is 127 Å². The van der Waals surface area contributed by atoms with E-state index >= 15 is 0 Å². The van der Waals surface area contributed by atoms with Gasteiger partial charge in [-0.1, -0.05) is 56.5 Å². The first-order chi connectivity index (χ1) is 25.1. The molecule has 2 fully saturated rings. The Balaban J connectivity index is 0.000000357. The number of anilines is 1. The minimum Gasteiger partial charge on any atom is -0.356 e. The Labute approximate surface area is 312 Å². The van der Waals surface area contributed by atoms with E-state index in [4.69, 9.17) is 4.98 Å². The molecule has 2 saturated heterocycles. The third-order valence-corrected chi connectivity index (χ3v) is 8.88. The quantitative estimate of drug-likeness (QED) is 0.186. The van der Waals surface area contributed by atoms with Gasteiger partial charge in [0.2, 0.25) is 0 Å². The average molecular weight is 710 g/mol. The number of amides is 1. The van der Waals surface area contributed by atoms with E-state index in [1.165, 1.54) is 23.6 Å². The van der Waals surface area contributed by atoms with Gasteiger partial charge in [0.05, 0.1) is 0 Å². The van der Waals surface area contributed by atoms with Crippen LogP contribution in [0.15, 0.2) is 110 Å². The molecule has 0 aliphatic carbocycles. The number of benzene rings is 1. The molecule has 8 nitrogen and oxygen atoms in total. The van der Waals surface area contributed by atoms with Gasteiger partial charge in [0, 0.05) is 88.1 Å². The predicted molar refractivity (Wildman–Crippen MR) is 216 cm³/mol. The number of nitrogens with zero attached hydrogens (tertiary/aromatic N) is 5. The number of rotatable bonds is 12. The lowest BCUT2D eigenvalue weighted by Crippen LogP contribution is -2.45. The predicted octanol–water partition coefficient (Wildman–Crippen LogP) is 7.76. The number of halogens is 1. The van der Waals surface area contributed by atoms with Gasteiger partial charge in [-0.25, -0.2) is 9.37 Å². The zero-order chi connectivity index (χ0) is 37.7. The van der Waals surface area contributed by atoms with Crippen molar-refractivity contribution < 1.29 is 9.18 Å². The molecule has 0 unspecified atom stereocenters. The number of hydrogen-bond acceptors (Lipinski definition) is 7. The topological polar surface area (TPSA) is 76.6 Å². The van der Waals surface area contributed by atoms with Crippen LogP contribution in [0.4, 0.5) is 10.2 Å². The maximum atomic E-state index is 13.0. The smallest absolute Gasteiger partial charge is 0.251 e. The first kappa shape index (κ1) is 42.0. The first-order valence-electron chi connectivity index (χ1n) is 18.5. The molecule has 2 N–H and O–H groups in total. The van der Waals surface area contributed by atoms with E-state index < -0.39 is 5.83 Å². The van der Waals surface area contributed by atoms with Crippen molar-refractivity contribution in [2.45, 2.75) is 59.5 Å². The highest BCUT2D eigenvalue weighted by atomic mass is 19.1. The molecular weight excluding hydrogens is 650 g/mol. The summed E-state index contributed by atoms with van der Waals surface area (Å²) < 4.78 is 11.4. The normalized spacial score (nSPS) is 15.2. The summed E-state index contributed by atoms with van der Waals surface area (Å²) in [5.74, 6) is 0.625. The Morgan fingerprint density at radius 3 is 2.35 bits per heavy atom. The van der Waals surface area contributed by atoms with E-state index in [1.807, 2.05) is 55.7 Å². The average Bonchev–Trinajstić information content (AvgIpc) is 3.14. The molecule has 280 valence electrons. The fraction of sp³-hybridized carbons (Fsp3) is 0.419. The molecule has 52 heavy (non-hydrogen) atoms. The van der Waals surface area contributed by atoms with Crippen molar-refractivity contribution in [1.82, 2.24) is 30.4 Å². The SMILES string of the molecule is C=C(/C=C\C)CN(C)CCC.C=C(F)/C=C\C.Cc1ccc(C(=O)NC2CCN(c3ccc(CN4CCNCC4)cn3)CC2)cc1-c1cccnc1. The summed E-state index contributed by atoms with van der Waals surface area (Å²) >= 11 is 0. The van der Waals surface area contributed by atoms with Gasteiger partial charge in [-0.05, 0) is 106 Å². The second-order valence-electron chi connectivity index (χ2n) is 13.4. The number of aryl methyl sites for hydroxylation is 1. The number of piperidine rings is 1. The molecule has 9 heteroatoms. The molecule has 0 atom stereocenters. The highest BCUT2D eigenvalue weighted by Gasteiger charge is 2.22. The fourth-order valence-corrected chi connectivity index (χ4v) is 6.22. The van der Waals surface area contributed by atoms with Crippen molar-refractivity contribution in [3.63, 3.8) is 0 Å². The third kappa shape index (κ3) is 15.0. The van der Waals surface area contributed by atoms with E-state index in [2.05, 4.69) is 82.6 Å². The number of hydrogen-bond donors (Lipinski definition) is 2. The zero-order valence-corrected chi connectivity index (χ0v) is 32.1. The van der Waals surface area contributed by atoms with E-state index in [0.29, 0.717) is 5.56 Å². The number of carbonyl (C=O) groups is 1. The lowest BCUT2D eigenvalue weighted by molar-refractivity contribution is 0.0931. The maximum absolute atomic E-state index is 13.0. The van der Waals surface area contributed by atoms with Crippen molar-refractivity contribution in [2.75, 3.05) is 64.3 Å². The second-order valence-corrected chi connectivity index (χ2v) is 13.4. The monoisotopic (exact) mass is 709 g/mol. The summed E-state index contributed by atoms with van der Waals surface area (Å²) in [4.78, 5) is 29.0. The number of carbonyl (C=O) groups excluding carboxylic acids is 1. The van der Waals surface area contributed by atoms with Crippen LogP contribution in [-0.4, -0.2) is 91.1 Å². The number of aromatic nitrogens is 2. The Kier molecular flexibility index (Phi) is 18.7. The molecule has 1 amide bonds. The molecule has 1 aromatic carbocycles. The van der Waals surface area contributed by atoms with Crippen LogP contribution >= 0.6 is 0 Å². The summed E-state index contributed by atoms with van der Waals surface area (Å²) in [6.45, 7) is 24.1. The number of pyridine rings is 2. The summed E-state index contributed by atoms with van der Waals surface area (Å²) in [7, 11) is 2.12. The Bertz CT molecular complexity index is 1570. The van der Waals surface area contributed by atoms with Crippen molar-refractivity contribution >= 4 is 11.7 Å². The van der Waals surface area contributed by atoms with Crippen LogP contribution in [0.3, 0.4) is 0 Å². The van der Waals surface area contributed by atoms with E-state index in [-0.39, 0.29) is 11.9 Å². The van der Waals surface area contributed by atoms with Gasteiger partial charge in [0.15, 0.2) is 0 Å². The van der Waals surface area contributed by atoms with Crippen LogP contribution in [-0.2, 0) is 6.54 Å². The molecule has 3 aromatic rings. The van der Waals surface area contributed by atoms with Gasteiger partial charge in [-0.15, -0.1) is 0 Å². The summed E-state index contributed by atoms with van der Waals surface area (Å²) in [6.07, 6.45) is 15.7. The Morgan fingerprint density at radius 1 is 1.04 bits per heavy atom. The van der Waals surface area contributed by atoms with Gasteiger partial charge in [0.25, 0.3) is 5.91 Å². The van der Waals surface area contributed by atoms with Crippen molar-refractivity contribution in [3.8, 4) is 11.1 Å². The van der Waals surface area contributed by atoms with Crippen LogP contribution < -0.4 is 15.5 Å². The summed E-state index contributed by atoms with van der Waals surface area (Å²) in [5, 5.41) is 6.64. The molecule has 0 spiro atoms. The van der Waals surface area contributed by atoms with Crippen LogP contribution in [0, 0.1) is 6.92 Å². The maximum Gasteiger partial charge on any atom is 0.251 e. The second kappa shape index (κ2) is 23.2. The number of piperazine rings is 1. The number of nitrogens with one attached hydrogen (secondary N) is 2. The van der Waals surface area contributed by atoms with E-state index in [9.17, 15) is 9.18 Å². The highest BCUT2D eigenvalue weighted by Crippen LogP contribution is 2.24. The van der Waals surface area contributed by atoms with Crippen LogP contribution in [0.25, 0.3) is 11.1 Å². The molecule has 2 aromatic heterocycles. The number of allylic oxidation sites excluding steroid dienone is 4. The lowest BCUT2D eigenvalue weighted by atomic mass is 9.98. The minimum atomic E-state index is -0.391. The molecule has 2 aliphatic heterocycles. The molecular formula is C43H60FN7O. The van der Waals surface area contributed by atoms with E-state index in [0.717, 1.165) is 94.3 Å². The van der Waals surface area contributed by atoms with Gasteiger partial charge < -0.3 is 20.4 Å². The Morgan fingerprint density at radius 2 is 1.77 bits per heavy atom. The molecule has 2 aliphatic rings. The van der Waals surface area contributed by atoms with Gasteiger partial charge in [-0.3, -0.25) is 14.7 Å². The first-order valence-corrected chi connectivity index (χ1v) is 18.5. The molecule has 0 radical (unpaired) electrons. The van der Waals surface area contributed by atoms with Gasteiger partial charge >= 0.3 is 0 Å². The van der Waals surface area contributed by atoms with Crippen molar-refractivity contribution in [2.24, 2.45) is 0 Å². The van der Waals surface area contributed by atoms with Crippen LogP contribution in [0.5, 0.6) is 0 Å². The van der Waals surface area contributed by atoms with Crippen LogP contribution in [0.2, 0.25) is 0 Å². The number of likely N-dealkylation sites (N-methyl/N-ethyl adjacent to an activating group) is 1. The lowest BCUT2D eigenvalue weighted by Gasteiger charge is -2.33. The van der Waals surface area contributed by atoms with Crippen molar-refractivity contribution in [1.29, 1.82) is 0 Å². The van der Waals surface area contributed by atoms with E-state index in [1.54, 1.807) is 19.2 Å². The van der Waals surface area contributed by atoms with Gasteiger partial charge in [-0.2, -0.15) is 0 Å². The summed E-state index contributed by atoms with van der Waals surface area (Å²) in [5.41, 5.74) is 6.35. The fourth-order valence-electron chi connectivity index (χ4n) is 6.22. The molecule has 5 rings (SSSR count). The largest absolute Gasteiger partial charge is 0.356 e. The van der Waals surface area contributed by atoms with Crippen LogP contribution in [0.1, 0.15) is 61.5 Å². The summed E-state index contributed by atoms with van der Waals surface area (Å²) in [6, 6.07) is 14.4. The zero-order valence-electron chi connectivity index (χ0n) is 32.1. The Hall–Kier alpha value is -4.44. The highest BCUT2D eigenvalue weighted by molar-refractivity contribution is 5.96. The molecule has 0 saturated carbocycles. The molecule has 0 bridgehead atoms. The minimum absolute atomic E-state index is 0.0102. The standard InChI is InChI=1S/C28H34N6O.C10H19N.C5H7F/c1-21-4-6-23(17-26(21)24-3-2-10-30-19-24)28(35)32-25-8-13-34(14-9-25)27-7-5-22(18-31-27)20-33-15-11-29-12-16-33;1-5-7-10(3)9-11(4)8-6-2;1-3-4-5(2)6/h2-7,10,17-19,25,29H,8-9,11-16,20H2,1H3,(H,32,35);5,7H,3,6,8-9H2,1-2,4H3;3-4H,2H2,1H3/b;7-5-;4-3-.